The van der Waals surface area contributed by atoms with E-state index in [0.29, 0.717) is 5.41 Å². The summed E-state index contributed by atoms with van der Waals surface area (Å²) in [6, 6.07) is 0. The van der Waals surface area contributed by atoms with E-state index in [4.69, 9.17) is 0 Å². The van der Waals surface area contributed by atoms with Gasteiger partial charge in [0, 0.05) is 43.1 Å². The van der Waals surface area contributed by atoms with Crippen LogP contribution in [0.25, 0.3) is 0 Å². The third-order valence-corrected chi connectivity index (χ3v) is 5.44. The quantitative estimate of drug-likeness (QED) is 0.455. The van der Waals surface area contributed by atoms with Crippen LogP contribution in [0.15, 0.2) is 11.8 Å². The summed E-state index contributed by atoms with van der Waals surface area (Å²) >= 11 is 0. The van der Waals surface area contributed by atoms with Crippen LogP contribution in [0.5, 0.6) is 0 Å². The second-order valence-corrected chi connectivity index (χ2v) is 8.69. The SMILES string of the molecule is CC1CC(C)C[N+](=C2C=C(N3CCCC3)CC(C)(C)C2)C1.[I-]. The second-order valence-electron chi connectivity index (χ2n) is 8.69. The van der Waals surface area contributed by atoms with Gasteiger partial charge in [0.1, 0.15) is 13.1 Å². The van der Waals surface area contributed by atoms with Gasteiger partial charge in [-0.15, -0.1) is 0 Å². The van der Waals surface area contributed by atoms with Gasteiger partial charge in [0.25, 0.3) is 0 Å². The topological polar surface area (TPSA) is 6.25 Å². The molecule has 3 rings (SSSR count). The molecule has 0 aromatic rings. The zero-order chi connectivity index (χ0) is 15.0. The fraction of sp³-hybridized carbons (Fsp3) is 0.842. The van der Waals surface area contributed by atoms with Crippen molar-refractivity contribution in [2.45, 2.75) is 59.8 Å². The van der Waals surface area contributed by atoms with Crippen LogP contribution in [-0.4, -0.2) is 41.4 Å². The molecular weight excluding hydrogens is 383 g/mol. The maximum Gasteiger partial charge on any atom is 0.178 e. The fourth-order valence-corrected chi connectivity index (χ4v) is 4.65. The van der Waals surface area contributed by atoms with E-state index in [1.807, 2.05) is 0 Å². The molecule has 0 bridgehead atoms. The minimum absolute atomic E-state index is 0. The van der Waals surface area contributed by atoms with Gasteiger partial charge in [-0.25, -0.2) is 4.58 Å². The third-order valence-electron chi connectivity index (χ3n) is 5.44. The smallest absolute Gasteiger partial charge is 0.178 e. The predicted molar refractivity (Wildman–Crippen MR) is 89.9 cm³/mol. The largest absolute Gasteiger partial charge is 1.00 e. The van der Waals surface area contributed by atoms with Crippen LogP contribution in [0.2, 0.25) is 0 Å². The molecule has 2 nitrogen and oxygen atoms in total. The summed E-state index contributed by atoms with van der Waals surface area (Å²) in [5.41, 5.74) is 3.66. The van der Waals surface area contributed by atoms with Gasteiger partial charge in [-0.2, -0.15) is 0 Å². The summed E-state index contributed by atoms with van der Waals surface area (Å²) in [5, 5.41) is 0. The molecule has 2 unspecified atom stereocenters. The van der Waals surface area contributed by atoms with Crippen molar-refractivity contribution in [3.05, 3.63) is 11.8 Å². The Kier molecular flexibility index (Phi) is 6.01. The first kappa shape index (κ1) is 18.3. The Morgan fingerprint density at radius 2 is 1.64 bits per heavy atom. The highest BCUT2D eigenvalue weighted by molar-refractivity contribution is 5.92. The van der Waals surface area contributed by atoms with Gasteiger partial charge >= 0.3 is 0 Å². The highest BCUT2D eigenvalue weighted by atomic mass is 127. The van der Waals surface area contributed by atoms with E-state index >= 15 is 0 Å². The molecule has 2 atom stereocenters. The first-order valence-corrected chi connectivity index (χ1v) is 8.99. The summed E-state index contributed by atoms with van der Waals surface area (Å²) in [7, 11) is 0. The molecule has 1 aliphatic carbocycles. The zero-order valence-electron chi connectivity index (χ0n) is 14.9. The highest BCUT2D eigenvalue weighted by Gasteiger charge is 2.35. The standard InChI is InChI=1S/C19H33N2.HI/c1-15-9-16(2)14-21(13-15)18-10-17(11-19(3,4)12-18)20-7-5-6-8-20;/h10,15-16H,5-9,11-14H2,1-4H3;1H/q+1;/p-1. The van der Waals surface area contributed by atoms with Crippen LogP contribution in [0.3, 0.4) is 0 Å². The molecule has 0 radical (unpaired) electrons. The molecule has 0 aromatic heterocycles. The number of halogens is 1. The first-order valence-electron chi connectivity index (χ1n) is 8.99. The van der Waals surface area contributed by atoms with E-state index in [1.54, 1.807) is 11.4 Å². The van der Waals surface area contributed by atoms with E-state index in [-0.39, 0.29) is 24.0 Å². The van der Waals surface area contributed by atoms with Gasteiger partial charge in [-0.1, -0.05) is 27.7 Å². The van der Waals surface area contributed by atoms with Gasteiger partial charge in [-0.3, -0.25) is 0 Å². The number of allylic oxidation sites excluding steroid dienone is 2. The number of nitrogens with zero attached hydrogens (tertiary/aromatic N) is 2. The van der Waals surface area contributed by atoms with Crippen molar-refractivity contribution in [1.29, 1.82) is 0 Å². The van der Waals surface area contributed by atoms with Crippen molar-refractivity contribution in [2.75, 3.05) is 26.2 Å². The zero-order valence-corrected chi connectivity index (χ0v) is 17.0. The van der Waals surface area contributed by atoms with E-state index in [0.717, 1.165) is 11.8 Å². The van der Waals surface area contributed by atoms with E-state index in [1.165, 1.54) is 58.3 Å². The number of hydrogen-bond acceptors (Lipinski definition) is 1. The number of piperidine rings is 1. The van der Waals surface area contributed by atoms with E-state index < -0.39 is 0 Å². The Morgan fingerprint density at radius 1 is 1.05 bits per heavy atom. The average Bonchev–Trinajstić information content (AvgIpc) is 2.89. The lowest BCUT2D eigenvalue weighted by atomic mass is 9.77. The Bertz CT molecular complexity index is 446. The van der Waals surface area contributed by atoms with Crippen molar-refractivity contribution >= 4 is 5.71 Å². The van der Waals surface area contributed by atoms with Crippen molar-refractivity contribution in [3.8, 4) is 0 Å². The Labute approximate surface area is 154 Å². The molecule has 2 heterocycles. The van der Waals surface area contributed by atoms with Crippen LogP contribution in [-0.2, 0) is 0 Å². The van der Waals surface area contributed by atoms with E-state index in [2.05, 4.69) is 43.2 Å². The Morgan fingerprint density at radius 3 is 2.23 bits per heavy atom. The molecule has 2 fully saturated rings. The second kappa shape index (κ2) is 7.23. The van der Waals surface area contributed by atoms with Crippen molar-refractivity contribution in [2.24, 2.45) is 17.3 Å². The van der Waals surface area contributed by atoms with Crippen LogP contribution in [0.1, 0.15) is 59.8 Å². The van der Waals surface area contributed by atoms with Gasteiger partial charge in [-0.05, 0) is 31.1 Å². The molecule has 22 heavy (non-hydrogen) atoms. The summed E-state index contributed by atoms with van der Waals surface area (Å²) in [4.78, 5) is 2.65. The van der Waals surface area contributed by atoms with Crippen LogP contribution < -0.4 is 24.0 Å². The summed E-state index contributed by atoms with van der Waals surface area (Å²) in [6.07, 6.45) is 9.23. The minimum Gasteiger partial charge on any atom is -1.00 e. The predicted octanol–water partition coefficient (Wildman–Crippen LogP) is 0.920. The summed E-state index contributed by atoms with van der Waals surface area (Å²) in [5.74, 6) is 1.69. The molecule has 0 spiro atoms. The van der Waals surface area contributed by atoms with Gasteiger partial charge in [0.2, 0.25) is 0 Å². The highest BCUT2D eigenvalue weighted by Crippen LogP contribution is 2.37. The number of hydrogen-bond donors (Lipinski definition) is 0. The normalized spacial score (nSPS) is 31.8. The first-order chi connectivity index (χ1) is 9.93. The lowest BCUT2D eigenvalue weighted by Gasteiger charge is -2.35. The maximum absolute atomic E-state index is 2.70. The molecule has 2 aliphatic heterocycles. The number of rotatable bonds is 1. The van der Waals surface area contributed by atoms with E-state index in [9.17, 15) is 0 Å². The number of likely N-dealkylation sites (tertiary alicyclic amines) is 1. The molecule has 3 heteroatoms. The molecule has 0 aromatic carbocycles. The van der Waals surface area contributed by atoms with Crippen molar-refractivity contribution < 1.29 is 28.6 Å². The maximum atomic E-state index is 2.70. The van der Waals surface area contributed by atoms with Crippen LogP contribution in [0.4, 0.5) is 0 Å². The fourth-order valence-electron chi connectivity index (χ4n) is 4.65. The molecule has 2 saturated heterocycles. The van der Waals surface area contributed by atoms with Crippen LogP contribution in [0, 0.1) is 17.3 Å². The Hall–Kier alpha value is -0.0600. The average molecular weight is 416 g/mol. The van der Waals surface area contributed by atoms with Gasteiger partial charge in [0.15, 0.2) is 5.71 Å². The van der Waals surface area contributed by atoms with Crippen LogP contribution >= 0.6 is 0 Å². The lowest BCUT2D eigenvalue weighted by Crippen LogP contribution is -3.00. The van der Waals surface area contributed by atoms with Crippen molar-refractivity contribution in [3.63, 3.8) is 0 Å². The van der Waals surface area contributed by atoms with Gasteiger partial charge < -0.3 is 28.9 Å². The monoisotopic (exact) mass is 416 g/mol. The molecule has 3 aliphatic rings. The van der Waals surface area contributed by atoms with Crippen molar-refractivity contribution in [1.82, 2.24) is 4.90 Å². The molecule has 0 saturated carbocycles. The van der Waals surface area contributed by atoms with Gasteiger partial charge in [0.05, 0.1) is 0 Å². The summed E-state index contributed by atoms with van der Waals surface area (Å²) in [6.45, 7) is 14.8. The molecular formula is C19H33IN2. The summed E-state index contributed by atoms with van der Waals surface area (Å²) < 4.78 is 2.70. The lowest BCUT2D eigenvalue weighted by molar-refractivity contribution is -0.553. The molecule has 0 N–H and O–H groups in total. The molecule has 126 valence electrons. The Balaban J connectivity index is 0.00000176. The minimum atomic E-state index is 0. The molecule has 0 amide bonds. The third kappa shape index (κ3) is 4.27.